The molecule has 0 atom stereocenters. The molecular formula is C9H11NO6. The van der Waals surface area contributed by atoms with Gasteiger partial charge in [-0.25, -0.2) is 4.79 Å². The fourth-order valence-corrected chi connectivity index (χ4v) is 0.641. The van der Waals surface area contributed by atoms with Crippen LogP contribution in [-0.4, -0.2) is 29.9 Å². The van der Waals surface area contributed by atoms with Gasteiger partial charge in [-0.15, -0.1) is 0 Å². The fraction of sp³-hybridized carbons (Fsp3) is 0.444. The summed E-state index contributed by atoms with van der Waals surface area (Å²) in [7, 11) is 0. The SMILES string of the molecule is CC(=O)CC(=O)OC=NOC(=O)CC(C)=O. The minimum absolute atomic E-state index is 0.355. The second-order valence-corrected chi connectivity index (χ2v) is 2.92. The molecule has 0 aliphatic heterocycles. The van der Waals surface area contributed by atoms with Crippen LogP contribution in [0.3, 0.4) is 0 Å². The first-order valence-corrected chi connectivity index (χ1v) is 4.32. The number of carbonyl (C=O) groups is 4. The molecule has 0 fully saturated rings. The van der Waals surface area contributed by atoms with E-state index < -0.39 is 18.4 Å². The highest BCUT2D eigenvalue weighted by molar-refractivity contribution is 5.96. The number of oxime groups is 1. The van der Waals surface area contributed by atoms with E-state index in [1.165, 1.54) is 13.8 Å². The largest absolute Gasteiger partial charge is 0.411 e. The highest BCUT2D eigenvalue weighted by Gasteiger charge is 2.06. The molecule has 0 rings (SSSR count). The Hall–Kier alpha value is -2.05. The van der Waals surface area contributed by atoms with Crippen molar-refractivity contribution in [3.05, 3.63) is 0 Å². The third-order valence-corrected chi connectivity index (χ3v) is 1.17. The number of hydrogen-bond donors (Lipinski definition) is 0. The predicted octanol–water partition coefficient (Wildman–Crippen LogP) is -0.0257. The molecule has 0 N–H and O–H groups in total. The lowest BCUT2D eigenvalue weighted by atomic mass is 10.3. The number of Topliss-reactive ketones (excluding diaryl/α,β-unsaturated/α-hetero) is 2. The molecule has 0 aromatic heterocycles. The highest BCUT2D eigenvalue weighted by Crippen LogP contribution is 1.89. The van der Waals surface area contributed by atoms with Gasteiger partial charge in [-0.05, 0) is 19.0 Å². The van der Waals surface area contributed by atoms with E-state index in [9.17, 15) is 19.2 Å². The third-order valence-electron chi connectivity index (χ3n) is 1.17. The molecule has 0 aromatic carbocycles. The summed E-state index contributed by atoms with van der Waals surface area (Å²) in [5.41, 5.74) is 0. The van der Waals surface area contributed by atoms with Crippen LogP contribution >= 0.6 is 0 Å². The van der Waals surface area contributed by atoms with Gasteiger partial charge in [0.1, 0.15) is 24.4 Å². The van der Waals surface area contributed by atoms with E-state index in [0.29, 0.717) is 6.40 Å². The van der Waals surface area contributed by atoms with Gasteiger partial charge in [0.2, 0.25) is 6.40 Å². The molecule has 0 aromatic rings. The molecule has 0 heterocycles. The molecule has 0 spiro atoms. The molecule has 0 saturated heterocycles. The lowest BCUT2D eigenvalue weighted by Crippen LogP contribution is -2.09. The van der Waals surface area contributed by atoms with Gasteiger partial charge >= 0.3 is 11.9 Å². The Labute approximate surface area is 91.4 Å². The topological polar surface area (TPSA) is 99.1 Å². The summed E-state index contributed by atoms with van der Waals surface area (Å²) in [6, 6.07) is 0. The van der Waals surface area contributed by atoms with Crippen molar-refractivity contribution in [2.45, 2.75) is 26.7 Å². The van der Waals surface area contributed by atoms with Crippen LogP contribution in [0.4, 0.5) is 0 Å². The summed E-state index contributed by atoms with van der Waals surface area (Å²) in [6.07, 6.45) is -0.199. The van der Waals surface area contributed by atoms with Gasteiger partial charge in [0.15, 0.2) is 0 Å². The van der Waals surface area contributed by atoms with Crippen LogP contribution in [0.15, 0.2) is 5.16 Å². The first kappa shape index (κ1) is 13.9. The second kappa shape index (κ2) is 7.27. The minimum Gasteiger partial charge on any atom is -0.411 e. The van der Waals surface area contributed by atoms with E-state index in [2.05, 4.69) is 14.7 Å². The standard InChI is InChI=1S/C9H11NO6/c1-6(11)3-8(13)15-5-10-16-9(14)4-7(2)12/h5H,3-4H2,1-2H3. The van der Waals surface area contributed by atoms with Gasteiger partial charge in [-0.2, -0.15) is 0 Å². The van der Waals surface area contributed by atoms with E-state index >= 15 is 0 Å². The molecule has 7 nitrogen and oxygen atoms in total. The molecular weight excluding hydrogens is 218 g/mol. The zero-order valence-corrected chi connectivity index (χ0v) is 8.89. The Balaban J connectivity index is 3.77. The fourth-order valence-electron chi connectivity index (χ4n) is 0.641. The molecule has 0 unspecified atom stereocenters. The van der Waals surface area contributed by atoms with Gasteiger partial charge in [0.25, 0.3) is 0 Å². The van der Waals surface area contributed by atoms with E-state index in [-0.39, 0.29) is 18.0 Å². The van der Waals surface area contributed by atoms with Crippen LogP contribution in [0.5, 0.6) is 0 Å². The van der Waals surface area contributed by atoms with Crippen molar-refractivity contribution >= 4 is 29.9 Å². The van der Waals surface area contributed by atoms with Crippen LogP contribution in [0, 0.1) is 0 Å². The number of hydrogen-bond acceptors (Lipinski definition) is 7. The maximum Gasteiger partial charge on any atom is 0.342 e. The molecule has 0 bridgehead atoms. The van der Waals surface area contributed by atoms with Crippen molar-refractivity contribution in [1.29, 1.82) is 0 Å². The molecule has 16 heavy (non-hydrogen) atoms. The second-order valence-electron chi connectivity index (χ2n) is 2.92. The van der Waals surface area contributed by atoms with E-state index in [4.69, 9.17) is 0 Å². The maximum atomic E-state index is 10.7. The summed E-state index contributed by atoms with van der Waals surface area (Å²) in [5, 5.41) is 2.99. The number of carbonyl (C=O) groups excluding carboxylic acids is 4. The van der Waals surface area contributed by atoms with Crippen molar-refractivity contribution in [1.82, 2.24) is 0 Å². The molecule has 0 aliphatic rings. The number of ketones is 2. The van der Waals surface area contributed by atoms with Crippen LogP contribution in [0.1, 0.15) is 26.7 Å². The zero-order valence-electron chi connectivity index (χ0n) is 8.89. The average molecular weight is 229 g/mol. The van der Waals surface area contributed by atoms with Gasteiger partial charge in [0.05, 0.1) is 0 Å². The van der Waals surface area contributed by atoms with Gasteiger partial charge in [-0.1, -0.05) is 0 Å². The van der Waals surface area contributed by atoms with Crippen LogP contribution in [-0.2, 0) is 28.8 Å². The smallest absolute Gasteiger partial charge is 0.342 e. The van der Waals surface area contributed by atoms with Crippen molar-refractivity contribution in [2.24, 2.45) is 5.16 Å². The summed E-state index contributed by atoms with van der Waals surface area (Å²) < 4.78 is 4.29. The Bertz CT molecular complexity index is 301. The summed E-state index contributed by atoms with van der Waals surface area (Å²) in [6.45, 7) is 2.45. The maximum absolute atomic E-state index is 10.7. The molecule has 0 saturated carbocycles. The number of nitrogens with zero attached hydrogens (tertiary/aromatic N) is 1. The van der Waals surface area contributed by atoms with E-state index in [1.807, 2.05) is 0 Å². The Morgan fingerprint density at radius 3 is 2.00 bits per heavy atom. The number of esters is 1. The first-order valence-electron chi connectivity index (χ1n) is 4.32. The third kappa shape index (κ3) is 8.54. The lowest BCUT2D eigenvalue weighted by Gasteiger charge is -1.95. The normalized spacial score (nSPS) is 9.88. The molecule has 0 amide bonds. The quantitative estimate of drug-likeness (QED) is 0.158. The van der Waals surface area contributed by atoms with Gasteiger partial charge in [-0.3, -0.25) is 14.4 Å². The Morgan fingerprint density at radius 1 is 1.00 bits per heavy atom. The van der Waals surface area contributed by atoms with Crippen molar-refractivity contribution in [2.75, 3.05) is 0 Å². The van der Waals surface area contributed by atoms with Crippen molar-refractivity contribution in [3.8, 4) is 0 Å². The first-order chi connectivity index (χ1) is 7.41. The molecule has 0 aliphatic carbocycles. The van der Waals surface area contributed by atoms with E-state index in [1.54, 1.807) is 0 Å². The van der Waals surface area contributed by atoms with Gasteiger partial charge in [0, 0.05) is 0 Å². The van der Waals surface area contributed by atoms with Crippen LogP contribution in [0.25, 0.3) is 0 Å². The van der Waals surface area contributed by atoms with Crippen LogP contribution < -0.4 is 0 Å². The monoisotopic (exact) mass is 229 g/mol. The average Bonchev–Trinajstić information content (AvgIpc) is 2.10. The Kier molecular flexibility index (Phi) is 6.34. The predicted molar refractivity (Wildman–Crippen MR) is 51.3 cm³/mol. The summed E-state index contributed by atoms with van der Waals surface area (Å²) >= 11 is 0. The molecule has 0 radical (unpaired) electrons. The minimum atomic E-state index is -0.855. The van der Waals surface area contributed by atoms with Crippen LogP contribution in [0.2, 0.25) is 0 Å². The zero-order chi connectivity index (χ0) is 12.6. The summed E-state index contributed by atoms with van der Waals surface area (Å²) in [4.78, 5) is 46.5. The van der Waals surface area contributed by atoms with Gasteiger partial charge < -0.3 is 9.57 Å². The molecule has 7 heteroatoms. The van der Waals surface area contributed by atoms with E-state index in [0.717, 1.165) is 0 Å². The summed E-state index contributed by atoms with van der Waals surface area (Å²) in [5.74, 6) is -2.38. The van der Waals surface area contributed by atoms with Crippen molar-refractivity contribution < 1.29 is 28.8 Å². The molecule has 88 valence electrons. The number of ether oxygens (including phenoxy) is 1. The number of rotatable bonds is 6. The highest BCUT2D eigenvalue weighted by atomic mass is 16.7. The van der Waals surface area contributed by atoms with Crippen molar-refractivity contribution in [3.63, 3.8) is 0 Å². The lowest BCUT2D eigenvalue weighted by molar-refractivity contribution is -0.147. The Morgan fingerprint density at radius 2 is 1.50 bits per heavy atom.